The van der Waals surface area contributed by atoms with Crippen molar-refractivity contribution >= 4 is 32.6 Å². The molecule has 1 aromatic heterocycles. The molecular weight excluding hydrogens is 394 g/mol. The normalized spacial score (nSPS) is 11.4. The van der Waals surface area contributed by atoms with Crippen LogP contribution in [0.25, 0.3) is 10.2 Å². The molecule has 6 heteroatoms. The predicted octanol–water partition coefficient (Wildman–Crippen LogP) is 5.38. The maximum atomic E-state index is 13.4. The lowest BCUT2D eigenvalue weighted by Gasteiger charge is -2.24. The van der Waals surface area contributed by atoms with Crippen LogP contribution >= 0.6 is 11.3 Å². The van der Waals surface area contributed by atoms with E-state index in [1.807, 2.05) is 49.1 Å². The molecule has 0 unspecified atom stereocenters. The number of anilines is 1. The minimum Gasteiger partial charge on any atom is -0.491 e. The topological polar surface area (TPSA) is 45.7 Å². The van der Waals surface area contributed by atoms with E-state index in [1.54, 1.807) is 11.3 Å². The van der Waals surface area contributed by atoms with E-state index in [0.717, 1.165) is 40.7 Å². The lowest BCUT2D eigenvalue weighted by molar-refractivity contribution is 0.0983. The van der Waals surface area contributed by atoms with Crippen LogP contribution in [0, 0.1) is 6.92 Å². The molecule has 0 fully saturated rings. The minimum atomic E-state index is -0.0333. The lowest BCUT2D eigenvalue weighted by Crippen LogP contribution is -2.38. The van der Waals surface area contributed by atoms with Crippen LogP contribution < -0.4 is 9.64 Å². The average Bonchev–Trinajstić information content (AvgIpc) is 3.13. The maximum Gasteiger partial charge on any atom is 0.260 e. The summed E-state index contributed by atoms with van der Waals surface area (Å²) in [7, 11) is 0. The second-order valence-electron chi connectivity index (χ2n) is 7.64. The third-order valence-electron chi connectivity index (χ3n) is 5.02. The van der Waals surface area contributed by atoms with Crippen LogP contribution in [0.2, 0.25) is 0 Å². The van der Waals surface area contributed by atoms with Gasteiger partial charge in [-0.3, -0.25) is 9.69 Å². The highest BCUT2D eigenvalue weighted by Crippen LogP contribution is 2.30. The van der Waals surface area contributed by atoms with E-state index in [4.69, 9.17) is 9.72 Å². The van der Waals surface area contributed by atoms with Crippen LogP contribution in [0.5, 0.6) is 5.75 Å². The minimum absolute atomic E-state index is 0.0333. The Labute approximate surface area is 183 Å². The number of hydrogen-bond acceptors (Lipinski definition) is 5. The molecule has 0 atom stereocenters. The highest BCUT2D eigenvalue weighted by Gasteiger charge is 2.22. The Bertz CT molecular complexity index is 978. The number of thiazole rings is 1. The van der Waals surface area contributed by atoms with Gasteiger partial charge < -0.3 is 9.64 Å². The van der Waals surface area contributed by atoms with Crippen LogP contribution in [-0.2, 0) is 0 Å². The van der Waals surface area contributed by atoms with Crippen molar-refractivity contribution in [2.45, 2.75) is 40.7 Å². The van der Waals surface area contributed by atoms with Gasteiger partial charge >= 0.3 is 0 Å². The first-order valence-electron chi connectivity index (χ1n) is 10.6. The highest BCUT2D eigenvalue weighted by molar-refractivity contribution is 7.22. The van der Waals surface area contributed by atoms with Crippen LogP contribution in [-0.4, -0.2) is 48.1 Å². The number of amides is 1. The van der Waals surface area contributed by atoms with E-state index in [1.165, 1.54) is 5.56 Å². The molecule has 0 radical (unpaired) electrons. The maximum absolute atomic E-state index is 13.4. The molecule has 1 amide bonds. The van der Waals surface area contributed by atoms with Crippen molar-refractivity contribution in [3.05, 3.63) is 53.6 Å². The smallest absolute Gasteiger partial charge is 0.260 e. The van der Waals surface area contributed by atoms with Crippen LogP contribution in [0.15, 0.2) is 42.5 Å². The standard InChI is InChI=1S/C24H31N3O2S/c1-6-26(7-2)14-15-27(24-25-21-13-8-18(5)16-22(21)30-24)23(28)19-9-11-20(12-10-19)29-17(3)4/h8-13,16-17H,6-7,14-15H2,1-5H3. The van der Waals surface area contributed by atoms with Crippen LogP contribution in [0.3, 0.4) is 0 Å². The molecule has 0 aliphatic heterocycles. The Morgan fingerprint density at radius 2 is 1.77 bits per heavy atom. The molecule has 5 nitrogen and oxygen atoms in total. The fraction of sp³-hybridized carbons (Fsp3) is 0.417. The first-order chi connectivity index (χ1) is 14.4. The van der Waals surface area contributed by atoms with Gasteiger partial charge in [0.05, 0.1) is 16.3 Å². The third kappa shape index (κ3) is 5.37. The summed E-state index contributed by atoms with van der Waals surface area (Å²) in [5, 5.41) is 0.746. The summed E-state index contributed by atoms with van der Waals surface area (Å²) in [5.41, 5.74) is 2.77. The Kier molecular flexibility index (Phi) is 7.45. The monoisotopic (exact) mass is 425 g/mol. The number of ether oxygens (including phenoxy) is 1. The Morgan fingerprint density at radius 1 is 1.07 bits per heavy atom. The van der Waals surface area contributed by atoms with Crippen molar-refractivity contribution in [1.82, 2.24) is 9.88 Å². The Hall–Kier alpha value is -2.44. The van der Waals surface area contributed by atoms with Gasteiger partial charge in [-0.15, -0.1) is 0 Å². The Morgan fingerprint density at radius 3 is 2.40 bits per heavy atom. The van der Waals surface area contributed by atoms with E-state index in [-0.39, 0.29) is 12.0 Å². The predicted molar refractivity (Wildman–Crippen MR) is 126 cm³/mol. The third-order valence-corrected chi connectivity index (χ3v) is 6.06. The first kappa shape index (κ1) is 22.2. The van der Waals surface area contributed by atoms with E-state index < -0.39 is 0 Å². The molecule has 0 N–H and O–H groups in total. The molecule has 160 valence electrons. The van der Waals surface area contributed by atoms with Gasteiger partial charge in [-0.25, -0.2) is 4.98 Å². The van der Waals surface area contributed by atoms with E-state index in [9.17, 15) is 4.79 Å². The van der Waals surface area contributed by atoms with Crippen molar-refractivity contribution < 1.29 is 9.53 Å². The molecule has 0 spiro atoms. The molecule has 0 saturated carbocycles. The number of aromatic nitrogens is 1. The van der Waals surface area contributed by atoms with Crippen molar-refractivity contribution in [1.29, 1.82) is 0 Å². The zero-order valence-electron chi connectivity index (χ0n) is 18.5. The number of carbonyl (C=O) groups is 1. The number of fused-ring (bicyclic) bond motifs is 1. The molecule has 1 heterocycles. The van der Waals surface area contributed by atoms with Crippen LogP contribution in [0.1, 0.15) is 43.6 Å². The second-order valence-corrected chi connectivity index (χ2v) is 8.65. The molecule has 0 aliphatic carbocycles. The van der Waals surface area contributed by atoms with Gasteiger partial charge in [-0.2, -0.15) is 0 Å². The van der Waals surface area contributed by atoms with Gasteiger partial charge in [0.1, 0.15) is 5.75 Å². The summed E-state index contributed by atoms with van der Waals surface area (Å²) in [6.45, 7) is 13.7. The van der Waals surface area contributed by atoms with Gasteiger partial charge in [0.2, 0.25) is 0 Å². The molecule has 3 aromatic rings. The number of carbonyl (C=O) groups excluding carboxylic acids is 1. The van der Waals surface area contributed by atoms with Gasteiger partial charge in [-0.05, 0) is 75.8 Å². The summed E-state index contributed by atoms with van der Waals surface area (Å²) in [6.07, 6.45) is 0.100. The van der Waals surface area contributed by atoms with Crippen molar-refractivity contribution in [3.63, 3.8) is 0 Å². The number of benzene rings is 2. The van der Waals surface area contributed by atoms with Gasteiger partial charge in [-0.1, -0.05) is 31.3 Å². The highest BCUT2D eigenvalue weighted by atomic mass is 32.1. The van der Waals surface area contributed by atoms with E-state index in [0.29, 0.717) is 12.1 Å². The number of nitrogens with zero attached hydrogens (tertiary/aromatic N) is 3. The SMILES string of the molecule is CCN(CC)CCN(C(=O)c1ccc(OC(C)C)cc1)c1nc2ccc(C)cc2s1. The number of likely N-dealkylation sites (N-methyl/N-ethyl adjacent to an activating group) is 1. The van der Waals surface area contributed by atoms with Crippen LogP contribution in [0.4, 0.5) is 5.13 Å². The number of hydrogen-bond donors (Lipinski definition) is 0. The zero-order chi connectivity index (χ0) is 21.7. The summed E-state index contributed by atoms with van der Waals surface area (Å²) < 4.78 is 6.81. The van der Waals surface area contributed by atoms with Gasteiger partial charge in [0.25, 0.3) is 5.91 Å². The van der Waals surface area contributed by atoms with Crippen molar-refractivity contribution in [3.8, 4) is 5.75 Å². The summed E-state index contributed by atoms with van der Waals surface area (Å²) in [4.78, 5) is 22.3. The lowest BCUT2D eigenvalue weighted by atomic mass is 10.2. The molecular formula is C24H31N3O2S. The molecule has 0 bridgehead atoms. The largest absolute Gasteiger partial charge is 0.491 e. The first-order valence-corrected chi connectivity index (χ1v) is 11.4. The summed E-state index contributed by atoms with van der Waals surface area (Å²) in [6, 6.07) is 13.6. The molecule has 0 saturated heterocycles. The summed E-state index contributed by atoms with van der Waals surface area (Å²) >= 11 is 1.57. The van der Waals surface area contributed by atoms with E-state index >= 15 is 0 Å². The van der Waals surface area contributed by atoms with E-state index in [2.05, 4.69) is 37.8 Å². The molecule has 3 rings (SSSR count). The van der Waals surface area contributed by atoms with Gasteiger partial charge in [0, 0.05) is 18.7 Å². The molecule has 0 aliphatic rings. The molecule has 2 aromatic carbocycles. The van der Waals surface area contributed by atoms with Crippen molar-refractivity contribution in [2.24, 2.45) is 0 Å². The molecule has 30 heavy (non-hydrogen) atoms. The summed E-state index contributed by atoms with van der Waals surface area (Å²) in [5.74, 6) is 0.737. The quantitative estimate of drug-likeness (QED) is 0.462. The fourth-order valence-electron chi connectivity index (χ4n) is 3.30. The average molecular weight is 426 g/mol. The number of aryl methyl sites for hydroxylation is 1. The van der Waals surface area contributed by atoms with Crippen molar-refractivity contribution in [2.75, 3.05) is 31.1 Å². The number of rotatable bonds is 9. The Balaban J connectivity index is 1.90. The second kappa shape index (κ2) is 10.0. The van der Waals surface area contributed by atoms with Gasteiger partial charge in [0.15, 0.2) is 5.13 Å². The fourth-order valence-corrected chi connectivity index (χ4v) is 4.39. The zero-order valence-corrected chi connectivity index (χ0v) is 19.3.